The van der Waals surface area contributed by atoms with Crippen LogP contribution in [0.2, 0.25) is 0 Å². The minimum atomic E-state index is -3.39. The third-order valence-electron chi connectivity index (χ3n) is 3.37. The summed E-state index contributed by atoms with van der Waals surface area (Å²) in [5.74, 6) is -0.841. The molecule has 2 rings (SSSR count). The van der Waals surface area contributed by atoms with Gasteiger partial charge in [-0.05, 0) is 25.6 Å². The number of benzene rings is 1. The van der Waals surface area contributed by atoms with Gasteiger partial charge in [0, 0.05) is 19.6 Å². The number of carbonyl (C=O) groups excluding carboxylic acids is 2. The Morgan fingerprint density at radius 1 is 1.04 bits per heavy atom. The number of halogens is 1. The Bertz CT molecular complexity index is 643. The molecule has 0 saturated carbocycles. The van der Waals surface area contributed by atoms with Crippen LogP contribution < -0.4 is 10.0 Å². The molecule has 7 nitrogen and oxygen atoms in total. The van der Waals surface area contributed by atoms with Crippen LogP contribution in [-0.2, 0) is 10.0 Å². The molecule has 0 aromatic heterocycles. The SMILES string of the molecule is CNCCNS(=O)(=O)CCCN1C(=O)c2ccccc2C1=O.Cl. The highest BCUT2D eigenvalue weighted by molar-refractivity contribution is 7.89. The van der Waals surface area contributed by atoms with Crippen molar-refractivity contribution in [2.24, 2.45) is 0 Å². The van der Waals surface area contributed by atoms with Gasteiger partial charge in [0.05, 0.1) is 16.9 Å². The molecule has 9 heteroatoms. The number of fused-ring (bicyclic) bond motifs is 1. The van der Waals surface area contributed by atoms with Crippen molar-refractivity contribution in [1.29, 1.82) is 0 Å². The average Bonchev–Trinajstić information content (AvgIpc) is 2.73. The minimum absolute atomic E-state index is 0. The van der Waals surface area contributed by atoms with Crippen LogP contribution in [0.5, 0.6) is 0 Å². The van der Waals surface area contributed by atoms with E-state index in [2.05, 4.69) is 10.0 Å². The summed E-state index contributed by atoms with van der Waals surface area (Å²) in [6, 6.07) is 6.60. The predicted molar refractivity (Wildman–Crippen MR) is 89.4 cm³/mol. The zero-order valence-electron chi connectivity index (χ0n) is 12.7. The van der Waals surface area contributed by atoms with Crippen molar-refractivity contribution >= 4 is 34.2 Å². The van der Waals surface area contributed by atoms with Crippen molar-refractivity contribution in [2.75, 3.05) is 32.4 Å². The van der Waals surface area contributed by atoms with Crippen LogP contribution in [0, 0.1) is 0 Å². The Labute approximate surface area is 141 Å². The lowest BCUT2D eigenvalue weighted by Crippen LogP contribution is -2.35. The standard InChI is InChI=1S/C14H19N3O4S.ClH/c1-15-7-8-16-22(20,21)10-4-9-17-13(18)11-5-2-3-6-12(11)14(17)19;/h2-3,5-6,15-16H,4,7-10H2,1H3;1H. The number of nitrogens with zero attached hydrogens (tertiary/aromatic N) is 1. The monoisotopic (exact) mass is 361 g/mol. The summed E-state index contributed by atoms with van der Waals surface area (Å²) in [7, 11) is -1.65. The zero-order chi connectivity index (χ0) is 16.2. The summed E-state index contributed by atoms with van der Waals surface area (Å²) in [5.41, 5.74) is 0.755. The molecule has 0 unspecified atom stereocenters. The van der Waals surface area contributed by atoms with E-state index in [0.29, 0.717) is 24.2 Å². The van der Waals surface area contributed by atoms with E-state index in [4.69, 9.17) is 0 Å². The highest BCUT2D eigenvalue weighted by Gasteiger charge is 2.34. The van der Waals surface area contributed by atoms with E-state index in [9.17, 15) is 18.0 Å². The molecule has 0 spiro atoms. The van der Waals surface area contributed by atoms with E-state index in [-0.39, 0.29) is 42.9 Å². The maximum Gasteiger partial charge on any atom is 0.261 e. The smallest absolute Gasteiger partial charge is 0.261 e. The van der Waals surface area contributed by atoms with Gasteiger partial charge in [0.1, 0.15) is 0 Å². The Kier molecular flexibility index (Phi) is 7.14. The van der Waals surface area contributed by atoms with Crippen molar-refractivity contribution in [3.8, 4) is 0 Å². The van der Waals surface area contributed by atoms with E-state index in [1.54, 1.807) is 31.3 Å². The zero-order valence-corrected chi connectivity index (χ0v) is 14.4. The quantitative estimate of drug-likeness (QED) is 0.510. The van der Waals surface area contributed by atoms with Gasteiger partial charge in [-0.1, -0.05) is 12.1 Å². The molecule has 23 heavy (non-hydrogen) atoms. The van der Waals surface area contributed by atoms with Gasteiger partial charge in [-0.25, -0.2) is 13.1 Å². The Morgan fingerprint density at radius 3 is 2.13 bits per heavy atom. The number of nitrogens with one attached hydrogen (secondary N) is 2. The molecule has 1 aromatic carbocycles. The van der Waals surface area contributed by atoms with Crippen LogP contribution in [0.4, 0.5) is 0 Å². The second-order valence-corrected chi connectivity index (χ2v) is 6.90. The summed E-state index contributed by atoms with van der Waals surface area (Å²) in [4.78, 5) is 25.3. The van der Waals surface area contributed by atoms with Crippen LogP contribution in [0.25, 0.3) is 0 Å². The first-order valence-corrected chi connectivity index (χ1v) is 8.68. The molecule has 1 aliphatic heterocycles. The lowest BCUT2D eigenvalue weighted by atomic mass is 10.1. The van der Waals surface area contributed by atoms with E-state index in [0.717, 1.165) is 4.90 Å². The fourth-order valence-corrected chi connectivity index (χ4v) is 3.33. The molecular weight excluding hydrogens is 342 g/mol. The molecule has 0 saturated heterocycles. The van der Waals surface area contributed by atoms with E-state index in [1.165, 1.54) is 0 Å². The number of hydrogen-bond donors (Lipinski definition) is 2. The molecule has 2 amide bonds. The van der Waals surface area contributed by atoms with Gasteiger partial charge in [-0.3, -0.25) is 14.5 Å². The molecule has 0 radical (unpaired) electrons. The third kappa shape index (κ3) is 4.74. The van der Waals surface area contributed by atoms with Crippen molar-refractivity contribution < 1.29 is 18.0 Å². The summed E-state index contributed by atoms with van der Waals surface area (Å²) >= 11 is 0. The van der Waals surface area contributed by atoms with Gasteiger partial charge in [0.2, 0.25) is 10.0 Å². The molecule has 2 N–H and O–H groups in total. The molecule has 0 bridgehead atoms. The summed E-state index contributed by atoms with van der Waals surface area (Å²) in [6.07, 6.45) is 0.209. The first-order valence-electron chi connectivity index (χ1n) is 7.03. The first kappa shape index (κ1) is 19.6. The van der Waals surface area contributed by atoms with Gasteiger partial charge >= 0.3 is 0 Å². The number of imide groups is 1. The molecule has 1 heterocycles. The van der Waals surface area contributed by atoms with Crippen LogP contribution in [0.1, 0.15) is 27.1 Å². The summed E-state index contributed by atoms with van der Waals surface area (Å²) < 4.78 is 25.9. The van der Waals surface area contributed by atoms with Crippen molar-refractivity contribution in [2.45, 2.75) is 6.42 Å². The van der Waals surface area contributed by atoms with Gasteiger partial charge in [-0.15, -0.1) is 12.4 Å². The second kappa shape index (κ2) is 8.39. The number of sulfonamides is 1. The van der Waals surface area contributed by atoms with E-state index >= 15 is 0 Å². The lowest BCUT2D eigenvalue weighted by molar-refractivity contribution is 0.0654. The van der Waals surface area contributed by atoms with E-state index in [1.807, 2.05) is 0 Å². The number of hydrogen-bond acceptors (Lipinski definition) is 5. The van der Waals surface area contributed by atoms with Crippen LogP contribution in [0.15, 0.2) is 24.3 Å². The fraction of sp³-hybridized carbons (Fsp3) is 0.429. The number of likely N-dealkylation sites (N-methyl/N-ethyl adjacent to an activating group) is 1. The normalized spacial score (nSPS) is 13.9. The Balaban J connectivity index is 0.00000264. The molecular formula is C14H20ClN3O4S. The Morgan fingerprint density at radius 2 is 1.61 bits per heavy atom. The fourth-order valence-electron chi connectivity index (χ4n) is 2.26. The minimum Gasteiger partial charge on any atom is -0.318 e. The van der Waals surface area contributed by atoms with Gasteiger partial charge in [0.15, 0.2) is 0 Å². The topological polar surface area (TPSA) is 95.6 Å². The third-order valence-corrected chi connectivity index (χ3v) is 4.84. The number of rotatable bonds is 8. The van der Waals surface area contributed by atoms with Crippen molar-refractivity contribution in [3.63, 3.8) is 0 Å². The van der Waals surface area contributed by atoms with Crippen molar-refractivity contribution in [3.05, 3.63) is 35.4 Å². The molecule has 0 aliphatic carbocycles. The predicted octanol–water partition coefficient (Wildman–Crippen LogP) is 0.233. The maximum absolute atomic E-state index is 12.1. The van der Waals surface area contributed by atoms with Crippen LogP contribution >= 0.6 is 12.4 Å². The van der Waals surface area contributed by atoms with Gasteiger partial charge in [-0.2, -0.15) is 0 Å². The van der Waals surface area contributed by atoms with E-state index < -0.39 is 10.0 Å². The van der Waals surface area contributed by atoms with Crippen molar-refractivity contribution in [1.82, 2.24) is 14.9 Å². The lowest BCUT2D eigenvalue weighted by Gasteiger charge is -2.13. The number of amides is 2. The first-order chi connectivity index (χ1) is 10.5. The number of carbonyl (C=O) groups is 2. The molecule has 0 atom stereocenters. The summed E-state index contributed by atoms with van der Waals surface area (Å²) in [5, 5.41) is 2.84. The largest absolute Gasteiger partial charge is 0.318 e. The molecule has 1 aliphatic rings. The van der Waals surface area contributed by atoms with Gasteiger partial charge in [0.25, 0.3) is 11.8 Å². The second-order valence-electron chi connectivity index (χ2n) is 4.98. The maximum atomic E-state index is 12.1. The average molecular weight is 362 g/mol. The summed E-state index contributed by atoms with van der Waals surface area (Å²) in [6.45, 7) is 0.947. The van der Waals surface area contributed by atoms with Crippen LogP contribution in [-0.4, -0.2) is 57.6 Å². The van der Waals surface area contributed by atoms with Gasteiger partial charge < -0.3 is 5.32 Å². The van der Waals surface area contributed by atoms with Crippen LogP contribution in [0.3, 0.4) is 0 Å². The molecule has 128 valence electrons. The highest BCUT2D eigenvalue weighted by atomic mass is 35.5. The Hall–Kier alpha value is -1.48. The molecule has 0 fully saturated rings. The highest BCUT2D eigenvalue weighted by Crippen LogP contribution is 2.22. The molecule has 1 aromatic rings.